The lowest BCUT2D eigenvalue weighted by molar-refractivity contribution is 0.0734. The molecule has 0 bridgehead atoms. The Bertz CT molecular complexity index is 569. The van der Waals surface area contributed by atoms with Crippen molar-refractivity contribution in [2.24, 2.45) is 5.92 Å². The van der Waals surface area contributed by atoms with Gasteiger partial charge in [-0.2, -0.15) is 0 Å². The molecular formula is C15H17NO3. The molecule has 0 spiro atoms. The molecule has 0 radical (unpaired) electrons. The summed E-state index contributed by atoms with van der Waals surface area (Å²) in [6, 6.07) is 9.38. The Morgan fingerprint density at radius 1 is 1.47 bits per heavy atom. The average Bonchev–Trinajstić information content (AvgIpc) is 3.04. The SMILES string of the molecule is CC(O)C1CCN(C(=O)c2cc3ccccc3o2)C1. The molecule has 2 aromatic rings. The summed E-state index contributed by atoms with van der Waals surface area (Å²) in [5.41, 5.74) is 0.733. The molecule has 1 N–H and O–H groups in total. The number of likely N-dealkylation sites (tertiary alicyclic amines) is 1. The van der Waals surface area contributed by atoms with Gasteiger partial charge in [-0.15, -0.1) is 0 Å². The van der Waals surface area contributed by atoms with Crippen molar-refractivity contribution in [1.82, 2.24) is 4.90 Å². The molecule has 3 rings (SSSR count). The number of amides is 1. The highest BCUT2D eigenvalue weighted by Gasteiger charge is 2.30. The minimum absolute atomic E-state index is 0.0839. The van der Waals surface area contributed by atoms with E-state index in [1.54, 1.807) is 17.9 Å². The van der Waals surface area contributed by atoms with Gasteiger partial charge < -0.3 is 14.4 Å². The number of aliphatic hydroxyl groups excluding tert-OH is 1. The third kappa shape index (κ3) is 2.24. The summed E-state index contributed by atoms with van der Waals surface area (Å²) in [6.45, 7) is 3.07. The summed E-state index contributed by atoms with van der Waals surface area (Å²) in [5, 5.41) is 10.5. The zero-order valence-corrected chi connectivity index (χ0v) is 10.9. The van der Waals surface area contributed by atoms with Gasteiger partial charge in [0.1, 0.15) is 5.58 Å². The fourth-order valence-corrected chi connectivity index (χ4v) is 2.61. The van der Waals surface area contributed by atoms with E-state index in [-0.39, 0.29) is 17.9 Å². The maximum atomic E-state index is 12.3. The second kappa shape index (κ2) is 4.70. The normalized spacial score (nSPS) is 20.9. The monoisotopic (exact) mass is 259 g/mol. The Hall–Kier alpha value is -1.81. The Morgan fingerprint density at radius 2 is 2.26 bits per heavy atom. The summed E-state index contributed by atoms with van der Waals surface area (Å²) >= 11 is 0. The van der Waals surface area contributed by atoms with E-state index >= 15 is 0 Å². The zero-order chi connectivity index (χ0) is 13.4. The van der Waals surface area contributed by atoms with Crippen LogP contribution in [0.2, 0.25) is 0 Å². The molecule has 4 heteroatoms. The lowest BCUT2D eigenvalue weighted by atomic mass is 10.0. The molecule has 1 amide bonds. The average molecular weight is 259 g/mol. The molecule has 1 aliphatic heterocycles. The van der Waals surface area contributed by atoms with Crippen LogP contribution < -0.4 is 0 Å². The van der Waals surface area contributed by atoms with Gasteiger partial charge in [-0.25, -0.2) is 0 Å². The van der Waals surface area contributed by atoms with E-state index in [9.17, 15) is 9.90 Å². The first kappa shape index (κ1) is 12.2. The number of hydrogen-bond donors (Lipinski definition) is 1. The fourth-order valence-electron chi connectivity index (χ4n) is 2.61. The smallest absolute Gasteiger partial charge is 0.289 e. The van der Waals surface area contributed by atoms with Crippen LogP contribution in [-0.2, 0) is 0 Å². The summed E-state index contributed by atoms with van der Waals surface area (Å²) in [6.07, 6.45) is 0.484. The Morgan fingerprint density at radius 3 is 2.95 bits per heavy atom. The molecule has 1 aliphatic rings. The van der Waals surface area contributed by atoms with Crippen LogP contribution in [0.5, 0.6) is 0 Å². The maximum absolute atomic E-state index is 12.3. The number of nitrogens with zero attached hydrogens (tertiary/aromatic N) is 1. The number of rotatable bonds is 2. The quantitative estimate of drug-likeness (QED) is 0.900. The van der Waals surface area contributed by atoms with Crippen molar-refractivity contribution in [2.75, 3.05) is 13.1 Å². The summed E-state index contributed by atoms with van der Waals surface area (Å²) in [5.74, 6) is 0.472. The highest BCUT2D eigenvalue weighted by Crippen LogP contribution is 2.24. The van der Waals surface area contributed by atoms with E-state index in [1.165, 1.54) is 0 Å². The van der Waals surface area contributed by atoms with Gasteiger partial charge in [0.05, 0.1) is 6.10 Å². The van der Waals surface area contributed by atoms with Crippen molar-refractivity contribution < 1.29 is 14.3 Å². The zero-order valence-electron chi connectivity index (χ0n) is 10.9. The molecular weight excluding hydrogens is 242 g/mol. The summed E-state index contributed by atoms with van der Waals surface area (Å²) in [7, 11) is 0. The van der Waals surface area contributed by atoms with Crippen LogP contribution in [0.15, 0.2) is 34.7 Å². The predicted octanol–water partition coefficient (Wildman–Crippen LogP) is 2.28. The molecule has 0 aliphatic carbocycles. The van der Waals surface area contributed by atoms with Gasteiger partial charge >= 0.3 is 0 Å². The molecule has 19 heavy (non-hydrogen) atoms. The molecule has 2 atom stereocenters. The van der Waals surface area contributed by atoms with Gasteiger partial charge in [-0.1, -0.05) is 18.2 Å². The molecule has 100 valence electrons. The van der Waals surface area contributed by atoms with E-state index in [0.717, 1.165) is 17.4 Å². The molecule has 2 heterocycles. The number of carbonyl (C=O) groups excluding carboxylic acids is 1. The number of benzene rings is 1. The fraction of sp³-hybridized carbons (Fsp3) is 0.400. The van der Waals surface area contributed by atoms with Gasteiger partial charge in [0.2, 0.25) is 0 Å². The number of fused-ring (bicyclic) bond motifs is 1. The van der Waals surface area contributed by atoms with Crippen molar-refractivity contribution >= 4 is 16.9 Å². The van der Waals surface area contributed by atoms with Crippen LogP contribution in [0.25, 0.3) is 11.0 Å². The van der Waals surface area contributed by atoms with Gasteiger partial charge in [0.25, 0.3) is 5.91 Å². The van der Waals surface area contributed by atoms with E-state index in [4.69, 9.17) is 4.42 Å². The van der Waals surface area contributed by atoms with E-state index < -0.39 is 0 Å². The second-order valence-corrected chi connectivity index (χ2v) is 5.19. The van der Waals surface area contributed by atoms with E-state index in [0.29, 0.717) is 18.8 Å². The van der Waals surface area contributed by atoms with Gasteiger partial charge in [0.15, 0.2) is 5.76 Å². The molecule has 1 saturated heterocycles. The summed E-state index contributed by atoms with van der Waals surface area (Å²) < 4.78 is 5.58. The van der Waals surface area contributed by atoms with Crippen molar-refractivity contribution in [1.29, 1.82) is 0 Å². The first-order valence-corrected chi connectivity index (χ1v) is 6.61. The third-order valence-electron chi connectivity index (χ3n) is 3.83. The van der Waals surface area contributed by atoms with Crippen LogP contribution in [0.3, 0.4) is 0 Å². The number of para-hydroxylation sites is 1. The molecule has 2 unspecified atom stereocenters. The van der Waals surface area contributed by atoms with Gasteiger partial charge in [-0.3, -0.25) is 4.79 Å². The molecule has 1 fully saturated rings. The van der Waals surface area contributed by atoms with Crippen LogP contribution in [0.1, 0.15) is 23.9 Å². The third-order valence-corrected chi connectivity index (χ3v) is 3.83. The highest BCUT2D eigenvalue weighted by molar-refractivity contribution is 5.96. The number of aliphatic hydroxyl groups is 1. The lowest BCUT2D eigenvalue weighted by Gasteiger charge is -2.16. The summed E-state index contributed by atoms with van der Waals surface area (Å²) in [4.78, 5) is 14.1. The van der Waals surface area contributed by atoms with Crippen molar-refractivity contribution in [3.8, 4) is 0 Å². The van der Waals surface area contributed by atoms with Crippen molar-refractivity contribution in [3.63, 3.8) is 0 Å². The largest absolute Gasteiger partial charge is 0.451 e. The molecule has 0 saturated carbocycles. The number of hydrogen-bond acceptors (Lipinski definition) is 3. The van der Waals surface area contributed by atoms with Crippen LogP contribution in [0.4, 0.5) is 0 Å². The highest BCUT2D eigenvalue weighted by atomic mass is 16.3. The van der Waals surface area contributed by atoms with Crippen molar-refractivity contribution in [3.05, 3.63) is 36.1 Å². The molecule has 1 aromatic carbocycles. The van der Waals surface area contributed by atoms with Gasteiger partial charge in [0, 0.05) is 24.4 Å². The first-order chi connectivity index (χ1) is 9.15. The first-order valence-electron chi connectivity index (χ1n) is 6.61. The second-order valence-electron chi connectivity index (χ2n) is 5.19. The van der Waals surface area contributed by atoms with Crippen LogP contribution in [-0.4, -0.2) is 35.1 Å². The Balaban J connectivity index is 1.80. The molecule has 4 nitrogen and oxygen atoms in total. The van der Waals surface area contributed by atoms with Crippen molar-refractivity contribution in [2.45, 2.75) is 19.4 Å². The number of furan rings is 1. The Kier molecular flexibility index (Phi) is 3.03. The minimum atomic E-state index is -0.367. The van der Waals surface area contributed by atoms with Gasteiger partial charge in [-0.05, 0) is 25.5 Å². The number of carbonyl (C=O) groups is 1. The van der Waals surface area contributed by atoms with Crippen LogP contribution in [0, 0.1) is 5.92 Å². The van der Waals surface area contributed by atoms with Crippen LogP contribution >= 0.6 is 0 Å². The maximum Gasteiger partial charge on any atom is 0.289 e. The van der Waals surface area contributed by atoms with E-state index in [2.05, 4.69) is 0 Å². The predicted molar refractivity (Wildman–Crippen MR) is 71.9 cm³/mol. The topological polar surface area (TPSA) is 53.7 Å². The Labute approximate surface area is 111 Å². The molecule has 1 aromatic heterocycles. The van der Waals surface area contributed by atoms with E-state index in [1.807, 2.05) is 24.3 Å². The minimum Gasteiger partial charge on any atom is -0.451 e. The lowest BCUT2D eigenvalue weighted by Crippen LogP contribution is -2.30. The standard InChI is InChI=1S/C15H17NO3/c1-10(17)12-6-7-16(9-12)15(18)14-8-11-4-2-3-5-13(11)19-14/h2-5,8,10,12,17H,6-7,9H2,1H3.